The zero-order valence-corrected chi connectivity index (χ0v) is 12.5. The fourth-order valence-electron chi connectivity index (χ4n) is 2.26. The quantitative estimate of drug-likeness (QED) is 0.825. The lowest BCUT2D eigenvalue weighted by Crippen LogP contribution is -2.23. The fraction of sp³-hybridized carbons (Fsp3) is 0.312. The van der Waals surface area contributed by atoms with E-state index in [-0.39, 0.29) is 0 Å². The summed E-state index contributed by atoms with van der Waals surface area (Å²) in [6.45, 7) is 0.496. The van der Waals surface area contributed by atoms with Gasteiger partial charge in [-0.15, -0.1) is 11.3 Å². The number of amides is 1. The average molecular weight is 302 g/mol. The van der Waals surface area contributed by atoms with Gasteiger partial charge in [-0.3, -0.25) is 5.32 Å². The van der Waals surface area contributed by atoms with E-state index in [1.807, 2.05) is 29.6 Å². The van der Waals surface area contributed by atoms with E-state index in [0.717, 1.165) is 23.3 Å². The van der Waals surface area contributed by atoms with E-state index >= 15 is 0 Å². The van der Waals surface area contributed by atoms with Crippen molar-refractivity contribution in [2.75, 3.05) is 17.7 Å². The SMILES string of the molecule is Nc1ccc(-c2cccs2)cc1NC(=O)OCC1CCC1. The van der Waals surface area contributed by atoms with Crippen LogP contribution in [0.25, 0.3) is 10.4 Å². The highest BCUT2D eigenvalue weighted by Gasteiger charge is 2.19. The van der Waals surface area contributed by atoms with Crippen LogP contribution in [0.3, 0.4) is 0 Å². The summed E-state index contributed by atoms with van der Waals surface area (Å²) in [7, 11) is 0. The van der Waals surface area contributed by atoms with Gasteiger partial charge in [0.1, 0.15) is 0 Å². The zero-order chi connectivity index (χ0) is 14.7. The maximum Gasteiger partial charge on any atom is 0.411 e. The van der Waals surface area contributed by atoms with Gasteiger partial charge in [0.25, 0.3) is 0 Å². The van der Waals surface area contributed by atoms with E-state index in [0.29, 0.717) is 23.9 Å². The maximum absolute atomic E-state index is 11.8. The molecule has 0 radical (unpaired) electrons. The summed E-state index contributed by atoms with van der Waals surface area (Å²) in [5.41, 5.74) is 8.09. The largest absolute Gasteiger partial charge is 0.449 e. The molecule has 2 aromatic rings. The molecule has 1 amide bonds. The minimum Gasteiger partial charge on any atom is -0.449 e. The number of benzene rings is 1. The number of hydrogen-bond acceptors (Lipinski definition) is 4. The molecule has 4 nitrogen and oxygen atoms in total. The third-order valence-electron chi connectivity index (χ3n) is 3.77. The number of nitrogens with one attached hydrogen (secondary N) is 1. The summed E-state index contributed by atoms with van der Waals surface area (Å²) in [4.78, 5) is 13.0. The summed E-state index contributed by atoms with van der Waals surface area (Å²) < 4.78 is 5.23. The molecule has 1 heterocycles. The molecule has 1 aromatic carbocycles. The standard InChI is InChI=1S/C16H18N2O2S/c17-13-7-6-12(15-5-2-8-21-15)9-14(13)18-16(19)20-10-11-3-1-4-11/h2,5-9,11H,1,3-4,10,17H2,(H,18,19). The molecular weight excluding hydrogens is 284 g/mol. The van der Waals surface area contributed by atoms with Crippen LogP contribution < -0.4 is 11.1 Å². The van der Waals surface area contributed by atoms with Gasteiger partial charge in [0.2, 0.25) is 0 Å². The van der Waals surface area contributed by atoms with Crippen LogP contribution in [0.1, 0.15) is 19.3 Å². The molecule has 21 heavy (non-hydrogen) atoms. The molecule has 3 N–H and O–H groups in total. The molecule has 5 heteroatoms. The van der Waals surface area contributed by atoms with Crippen molar-refractivity contribution in [3.05, 3.63) is 35.7 Å². The molecular formula is C16H18N2O2S. The molecule has 1 fully saturated rings. The first kappa shape index (κ1) is 13.9. The van der Waals surface area contributed by atoms with Crippen LogP contribution in [0.15, 0.2) is 35.7 Å². The third-order valence-corrected chi connectivity index (χ3v) is 4.69. The van der Waals surface area contributed by atoms with Crippen LogP contribution in [0.2, 0.25) is 0 Å². The molecule has 1 saturated carbocycles. The van der Waals surface area contributed by atoms with Gasteiger partial charge in [0, 0.05) is 4.88 Å². The number of nitrogens with two attached hydrogens (primary N) is 1. The van der Waals surface area contributed by atoms with Crippen LogP contribution in [0, 0.1) is 5.92 Å². The van der Waals surface area contributed by atoms with E-state index in [1.165, 1.54) is 6.42 Å². The summed E-state index contributed by atoms with van der Waals surface area (Å²) in [6.07, 6.45) is 3.12. The third kappa shape index (κ3) is 3.36. The Balaban J connectivity index is 1.66. The first-order chi connectivity index (χ1) is 10.2. The fourth-order valence-corrected chi connectivity index (χ4v) is 2.98. The van der Waals surface area contributed by atoms with Crippen LogP contribution in [-0.4, -0.2) is 12.7 Å². The minimum atomic E-state index is -0.433. The zero-order valence-electron chi connectivity index (χ0n) is 11.7. The molecule has 110 valence electrons. The van der Waals surface area contributed by atoms with E-state index in [1.54, 1.807) is 17.4 Å². The topological polar surface area (TPSA) is 64.3 Å². The number of thiophene rings is 1. The van der Waals surface area contributed by atoms with Crippen molar-refractivity contribution in [3.63, 3.8) is 0 Å². The molecule has 1 aliphatic carbocycles. The predicted octanol–water partition coefficient (Wildman–Crippen LogP) is 4.35. The summed E-state index contributed by atoms with van der Waals surface area (Å²) in [6, 6.07) is 9.67. The van der Waals surface area contributed by atoms with Crippen molar-refractivity contribution in [2.45, 2.75) is 19.3 Å². The maximum atomic E-state index is 11.8. The molecule has 1 aromatic heterocycles. The minimum absolute atomic E-state index is 0.433. The number of ether oxygens (including phenoxy) is 1. The summed E-state index contributed by atoms with van der Waals surface area (Å²) in [5.74, 6) is 0.533. The second-order valence-electron chi connectivity index (χ2n) is 5.30. The monoisotopic (exact) mass is 302 g/mol. The Hall–Kier alpha value is -2.01. The van der Waals surface area contributed by atoms with Crippen LogP contribution in [-0.2, 0) is 4.74 Å². The van der Waals surface area contributed by atoms with Crippen molar-refractivity contribution >= 4 is 28.8 Å². The Morgan fingerprint density at radius 2 is 2.24 bits per heavy atom. The van der Waals surface area contributed by atoms with Gasteiger partial charge in [-0.05, 0) is 47.9 Å². The van der Waals surface area contributed by atoms with Crippen molar-refractivity contribution in [3.8, 4) is 10.4 Å². The van der Waals surface area contributed by atoms with Crippen molar-refractivity contribution in [1.29, 1.82) is 0 Å². The normalized spacial score (nSPS) is 14.5. The summed E-state index contributed by atoms with van der Waals surface area (Å²) >= 11 is 1.65. The number of anilines is 2. The smallest absolute Gasteiger partial charge is 0.411 e. The Morgan fingerprint density at radius 3 is 2.90 bits per heavy atom. The lowest BCUT2D eigenvalue weighted by Gasteiger charge is -2.24. The molecule has 0 unspecified atom stereocenters. The number of nitrogen functional groups attached to an aromatic ring is 1. The van der Waals surface area contributed by atoms with Gasteiger partial charge >= 0.3 is 6.09 Å². The van der Waals surface area contributed by atoms with Gasteiger partial charge in [-0.2, -0.15) is 0 Å². The van der Waals surface area contributed by atoms with Crippen molar-refractivity contribution in [2.24, 2.45) is 5.92 Å². The number of hydrogen-bond donors (Lipinski definition) is 2. The molecule has 0 saturated heterocycles. The Bertz CT molecular complexity index is 621. The second-order valence-corrected chi connectivity index (χ2v) is 6.25. The lowest BCUT2D eigenvalue weighted by atomic mass is 9.86. The van der Waals surface area contributed by atoms with E-state index in [9.17, 15) is 4.79 Å². The number of carbonyl (C=O) groups is 1. The van der Waals surface area contributed by atoms with E-state index in [4.69, 9.17) is 10.5 Å². The van der Waals surface area contributed by atoms with Crippen molar-refractivity contribution < 1.29 is 9.53 Å². The van der Waals surface area contributed by atoms with E-state index < -0.39 is 6.09 Å². The van der Waals surface area contributed by atoms with E-state index in [2.05, 4.69) is 5.32 Å². The van der Waals surface area contributed by atoms with Crippen LogP contribution >= 0.6 is 11.3 Å². The number of carbonyl (C=O) groups excluding carboxylic acids is 1. The highest BCUT2D eigenvalue weighted by atomic mass is 32.1. The van der Waals surface area contributed by atoms with Crippen molar-refractivity contribution in [1.82, 2.24) is 0 Å². The lowest BCUT2D eigenvalue weighted by molar-refractivity contribution is 0.115. The first-order valence-corrected chi connectivity index (χ1v) is 7.97. The van der Waals surface area contributed by atoms with Gasteiger partial charge in [0.15, 0.2) is 0 Å². The van der Waals surface area contributed by atoms with Gasteiger partial charge in [0.05, 0.1) is 18.0 Å². The highest BCUT2D eigenvalue weighted by molar-refractivity contribution is 7.13. The molecule has 3 rings (SSSR count). The van der Waals surface area contributed by atoms with Crippen LogP contribution in [0.4, 0.5) is 16.2 Å². The number of rotatable bonds is 4. The van der Waals surface area contributed by atoms with Gasteiger partial charge < -0.3 is 10.5 Å². The average Bonchev–Trinajstić information content (AvgIpc) is 2.93. The first-order valence-electron chi connectivity index (χ1n) is 7.09. The molecule has 0 atom stereocenters. The Morgan fingerprint density at radius 1 is 1.38 bits per heavy atom. The molecule has 0 spiro atoms. The molecule has 1 aliphatic rings. The highest BCUT2D eigenvalue weighted by Crippen LogP contribution is 2.30. The predicted molar refractivity (Wildman–Crippen MR) is 86.5 cm³/mol. The van der Waals surface area contributed by atoms with Gasteiger partial charge in [-0.1, -0.05) is 18.6 Å². The Labute approximate surface area is 127 Å². The van der Waals surface area contributed by atoms with Gasteiger partial charge in [-0.25, -0.2) is 4.79 Å². The molecule has 0 aliphatic heterocycles. The second kappa shape index (κ2) is 6.18. The molecule has 0 bridgehead atoms. The van der Waals surface area contributed by atoms with Crippen LogP contribution in [0.5, 0.6) is 0 Å². The summed E-state index contributed by atoms with van der Waals surface area (Å²) in [5, 5.41) is 4.75. The Kier molecular flexibility index (Phi) is 4.10.